The summed E-state index contributed by atoms with van der Waals surface area (Å²) in [6.45, 7) is 2.64. The molecule has 3 heteroatoms. The second-order valence-electron chi connectivity index (χ2n) is 5.54. The van der Waals surface area contributed by atoms with E-state index in [-0.39, 0.29) is 0 Å². The Balaban J connectivity index is 1.86. The largest absolute Gasteiger partial charge is 0.494 e. The molecule has 0 aliphatic carbocycles. The van der Waals surface area contributed by atoms with Crippen LogP contribution in [0.2, 0.25) is 0 Å². The van der Waals surface area contributed by atoms with Crippen LogP contribution >= 0.6 is 0 Å². The Morgan fingerprint density at radius 2 is 2.06 bits per heavy atom. The third-order valence-electron chi connectivity index (χ3n) is 4.19. The molecule has 0 amide bonds. The molecule has 2 heterocycles. The van der Waals surface area contributed by atoms with Crippen LogP contribution < -0.4 is 10.1 Å². The molecule has 18 heavy (non-hydrogen) atoms. The Hall–Kier alpha value is -1.06. The van der Waals surface area contributed by atoms with Gasteiger partial charge in [-0.3, -0.25) is 0 Å². The van der Waals surface area contributed by atoms with E-state index in [1.54, 1.807) is 0 Å². The highest BCUT2D eigenvalue weighted by Crippen LogP contribution is 2.41. The van der Waals surface area contributed by atoms with Crippen LogP contribution in [0.3, 0.4) is 0 Å². The van der Waals surface area contributed by atoms with Crippen molar-refractivity contribution in [3.05, 3.63) is 29.8 Å². The van der Waals surface area contributed by atoms with Crippen LogP contribution in [0.5, 0.6) is 5.75 Å². The second kappa shape index (κ2) is 4.56. The summed E-state index contributed by atoms with van der Waals surface area (Å²) in [5.74, 6) is 0.856. The summed E-state index contributed by atoms with van der Waals surface area (Å²) in [5, 5.41) is 14.5. The Labute approximate surface area is 108 Å². The first-order valence-electron chi connectivity index (χ1n) is 6.91. The SMILES string of the molecule is CCOc1cccc(C2(O)CC3CCC(C2)N3)c1. The highest BCUT2D eigenvalue weighted by atomic mass is 16.5. The van der Waals surface area contributed by atoms with Crippen molar-refractivity contribution in [2.24, 2.45) is 0 Å². The van der Waals surface area contributed by atoms with Gasteiger partial charge in [0.15, 0.2) is 0 Å². The van der Waals surface area contributed by atoms with Gasteiger partial charge in [-0.25, -0.2) is 0 Å². The maximum absolute atomic E-state index is 10.9. The third-order valence-corrected chi connectivity index (χ3v) is 4.19. The normalized spacial score (nSPS) is 34.6. The van der Waals surface area contributed by atoms with Crippen molar-refractivity contribution in [2.75, 3.05) is 6.61 Å². The van der Waals surface area contributed by atoms with Gasteiger partial charge in [-0.15, -0.1) is 0 Å². The number of rotatable bonds is 3. The van der Waals surface area contributed by atoms with Gasteiger partial charge in [-0.2, -0.15) is 0 Å². The van der Waals surface area contributed by atoms with Gasteiger partial charge in [-0.1, -0.05) is 12.1 Å². The first-order valence-corrected chi connectivity index (χ1v) is 6.91. The number of ether oxygens (including phenoxy) is 1. The molecule has 2 fully saturated rings. The van der Waals surface area contributed by atoms with Crippen molar-refractivity contribution in [1.82, 2.24) is 5.32 Å². The van der Waals surface area contributed by atoms with Gasteiger partial charge in [-0.05, 0) is 50.3 Å². The monoisotopic (exact) mass is 247 g/mol. The van der Waals surface area contributed by atoms with Gasteiger partial charge in [0.05, 0.1) is 12.2 Å². The molecular formula is C15H21NO2. The first-order chi connectivity index (χ1) is 8.69. The van der Waals surface area contributed by atoms with Crippen molar-refractivity contribution in [1.29, 1.82) is 0 Å². The molecule has 2 N–H and O–H groups in total. The maximum atomic E-state index is 10.9. The lowest BCUT2D eigenvalue weighted by molar-refractivity contribution is -0.0116. The molecule has 0 spiro atoms. The highest BCUT2D eigenvalue weighted by molar-refractivity contribution is 5.33. The number of hydrogen-bond acceptors (Lipinski definition) is 3. The molecule has 0 radical (unpaired) electrons. The Kier molecular flexibility index (Phi) is 3.04. The predicted molar refractivity (Wildman–Crippen MR) is 70.7 cm³/mol. The van der Waals surface area contributed by atoms with Crippen LogP contribution in [-0.2, 0) is 5.60 Å². The molecule has 2 aliphatic rings. The van der Waals surface area contributed by atoms with E-state index < -0.39 is 5.60 Å². The summed E-state index contributed by atoms with van der Waals surface area (Å²) in [6.07, 6.45) is 4.02. The molecule has 0 aromatic heterocycles. The molecule has 1 aromatic rings. The van der Waals surface area contributed by atoms with E-state index >= 15 is 0 Å². The van der Waals surface area contributed by atoms with Gasteiger partial charge < -0.3 is 15.2 Å². The van der Waals surface area contributed by atoms with Gasteiger partial charge in [0, 0.05) is 12.1 Å². The minimum absolute atomic E-state index is 0.476. The van der Waals surface area contributed by atoms with Crippen LogP contribution in [0.15, 0.2) is 24.3 Å². The predicted octanol–water partition coefficient (Wildman–Crippen LogP) is 2.19. The minimum Gasteiger partial charge on any atom is -0.494 e. The topological polar surface area (TPSA) is 41.5 Å². The summed E-state index contributed by atoms with van der Waals surface area (Å²) < 4.78 is 5.52. The zero-order chi connectivity index (χ0) is 12.6. The lowest BCUT2D eigenvalue weighted by atomic mass is 9.81. The molecule has 2 atom stereocenters. The summed E-state index contributed by atoms with van der Waals surface area (Å²) in [5.41, 5.74) is 0.330. The fraction of sp³-hybridized carbons (Fsp3) is 0.600. The smallest absolute Gasteiger partial charge is 0.119 e. The zero-order valence-corrected chi connectivity index (χ0v) is 10.9. The van der Waals surface area contributed by atoms with Gasteiger partial charge in [0.2, 0.25) is 0 Å². The summed E-state index contributed by atoms with van der Waals surface area (Å²) in [6, 6.07) is 8.89. The Morgan fingerprint density at radius 1 is 1.33 bits per heavy atom. The molecule has 1 aromatic carbocycles. The molecule has 3 nitrogen and oxygen atoms in total. The van der Waals surface area contributed by atoms with Crippen molar-refractivity contribution in [3.8, 4) is 5.75 Å². The average Bonchev–Trinajstić information content (AvgIpc) is 2.70. The van der Waals surface area contributed by atoms with Crippen molar-refractivity contribution in [3.63, 3.8) is 0 Å². The van der Waals surface area contributed by atoms with E-state index in [0.29, 0.717) is 18.7 Å². The summed E-state index contributed by atoms with van der Waals surface area (Å²) in [7, 11) is 0. The molecule has 2 saturated heterocycles. The van der Waals surface area contributed by atoms with Crippen LogP contribution in [0.4, 0.5) is 0 Å². The number of benzene rings is 1. The van der Waals surface area contributed by atoms with Crippen LogP contribution in [0.1, 0.15) is 38.2 Å². The van der Waals surface area contributed by atoms with E-state index in [2.05, 4.69) is 5.32 Å². The number of hydrogen-bond donors (Lipinski definition) is 2. The molecular weight excluding hydrogens is 226 g/mol. The molecule has 0 saturated carbocycles. The van der Waals surface area contributed by atoms with Crippen LogP contribution in [0, 0.1) is 0 Å². The number of nitrogens with one attached hydrogen (secondary N) is 1. The van der Waals surface area contributed by atoms with Crippen molar-refractivity contribution < 1.29 is 9.84 Å². The lowest BCUT2D eigenvalue weighted by Crippen LogP contribution is -2.46. The molecule has 3 rings (SSSR count). The van der Waals surface area contributed by atoms with Gasteiger partial charge in [0.1, 0.15) is 5.75 Å². The van der Waals surface area contributed by atoms with E-state index in [9.17, 15) is 5.11 Å². The quantitative estimate of drug-likeness (QED) is 0.860. The summed E-state index contributed by atoms with van der Waals surface area (Å²) in [4.78, 5) is 0. The minimum atomic E-state index is -0.676. The Morgan fingerprint density at radius 3 is 2.72 bits per heavy atom. The highest BCUT2D eigenvalue weighted by Gasteiger charge is 2.43. The van der Waals surface area contributed by atoms with E-state index in [0.717, 1.165) is 24.2 Å². The van der Waals surface area contributed by atoms with Crippen molar-refractivity contribution in [2.45, 2.75) is 50.3 Å². The molecule has 2 bridgehead atoms. The second-order valence-corrected chi connectivity index (χ2v) is 5.54. The van der Waals surface area contributed by atoms with E-state index in [4.69, 9.17) is 4.74 Å². The molecule has 98 valence electrons. The first kappa shape index (κ1) is 12.0. The van der Waals surface area contributed by atoms with Gasteiger partial charge in [0.25, 0.3) is 0 Å². The molecule has 2 aliphatic heterocycles. The van der Waals surface area contributed by atoms with E-state index in [1.165, 1.54) is 12.8 Å². The van der Waals surface area contributed by atoms with Crippen LogP contribution in [0.25, 0.3) is 0 Å². The van der Waals surface area contributed by atoms with Gasteiger partial charge >= 0.3 is 0 Å². The number of fused-ring (bicyclic) bond motifs is 2. The third kappa shape index (κ3) is 2.13. The maximum Gasteiger partial charge on any atom is 0.119 e. The fourth-order valence-electron chi connectivity index (χ4n) is 3.40. The number of piperidine rings is 1. The van der Waals surface area contributed by atoms with Crippen molar-refractivity contribution >= 4 is 0 Å². The standard InChI is InChI=1S/C15H21NO2/c1-2-18-14-5-3-4-11(8-14)15(17)9-12-6-7-13(10-15)16-12/h3-5,8,12-13,16-17H,2,6-7,9-10H2,1H3. The zero-order valence-electron chi connectivity index (χ0n) is 10.9. The summed E-state index contributed by atoms with van der Waals surface area (Å²) >= 11 is 0. The average molecular weight is 247 g/mol. The Bertz CT molecular complexity index is 420. The fourth-order valence-corrected chi connectivity index (χ4v) is 3.40. The molecule has 2 unspecified atom stereocenters. The van der Waals surface area contributed by atoms with Crippen LogP contribution in [-0.4, -0.2) is 23.8 Å². The lowest BCUT2D eigenvalue weighted by Gasteiger charge is -2.37. The number of aliphatic hydroxyl groups is 1. The van der Waals surface area contributed by atoms with E-state index in [1.807, 2.05) is 31.2 Å².